The predicted octanol–water partition coefficient (Wildman–Crippen LogP) is 5.28. The van der Waals surface area contributed by atoms with Crippen LogP contribution in [-0.4, -0.2) is 40.7 Å². The van der Waals surface area contributed by atoms with Gasteiger partial charge < -0.3 is 19.2 Å². The quantitative estimate of drug-likeness (QED) is 0.152. The topological polar surface area (TPSA) is 56.8 Å². The molecule has 0 saturated heterocycles. The summed E-state index contributed by atoms with van der Waals surface area (Å²) in [6.07, 6.45) is 4.71. The molecule has 5 rings (SSSR count). The number of anilines is 1. The van der Waals surface area contributed by atoms with Crippen molar-refractivity contribution in [2.75, 3.05) is 19.5 Å². The molecule has 2 atom stereocenters. The highest BCUT2D eigenvalue weighted by Crippen LogP contribution is 2.32. The largest absolute Gasteiger partial charge is 0.497 e. The lowest BCUT2D eigenvalue weighted by Gasteiger charge is -2.41. The number of methoxy groups -OCH3 is 2. The molecule has 4 aromatic carbocycles. The van der Waals surface area contributed by atoms with Crippen molar-refractivity contribution in [1.29, 1.82) is 0 Å². The van der Waals surface area contributed by atoms with Gasteiger partial charge in [0.15, 0.2) is 6.10 Å². The molecule has 0 aromatic heterocycles. The monoisotopic (exact) mass is 565 g/mol. The Labute approximate surface area is 244 Å². The van der Waals surface area contributed by atoms with E-state index in [2.05, 4.69) is 41.7 Å². The fraction of sp³-hybridized carbons (Fsp3) is 0.286. The standard InChI is InChI=1S/C35H39NO4Si/c1-38-29-25-23-28(24-26-29)36-33(27-15-7-3-8-16-27)34(35(37)39-2)40-41(30-17-9-4-10-18-30,31-19-11-5-12-20-31)32-21-13-6-14-22-32/h4-6,9-14,17-27,33-34,36H,3,7-8,15-16H2,1-2H3/t33-,34+/m1/s1. The molecule has 0 spiro atoms. The normalized spacial score (nSPS) is 15.5. The van der Waals surface area contributed by atoms with Gasteiger partial charge in [-0.05, 0) is 58.6 Å². The van der Waals surface area contributed by atoms with Crippen LogP contribution in [0.1, 0.15) is 32.1 Å². The minimum atomic E-state index is -3.19. The average molecular weight is 566 g/mol. The summed E-state index contributed by atoms with van der Waals surface area (Å²) in [5.41, 5.74) is 0.922. The van der Waals surface area contributed by atoms with E-state index in [1.807, 2.05) is 78.9 Å². The smallest absolute Gasteiger partial charge is 0.335 e. The second-order valence-corrected chi connectivity index (χ2v) is 14.0. The first-order valence-corrected chi connectivity index (χ1v) is 16.4. The number of hydrogen-bond acceptors (Lipinski definition) is 5. The third-order valence-corrected chi connectivity index (χ3v) is 12.2. The molecule has 1 N–H and O–H groups in total. The van der Waals surface area contributed by atoms with Crippen molar-refractivity contribution >= 4 is 35.5 Å². The summed E-state index contributed by atoms with van der Waals surface area (Å²) < 4.78 is 18.4. The molecule has 0 radical (unpaired) electrons. The summed E-state index contributed by atoms with van der Waals surface area (Å²) in [7, 11) is -0.0639. The molecular weight excluding hydrogens is 526 g/mol. The van der Waals surface area contributed by atoms with Crippen LogP contribution in [0, 0.1) is 5.92 Å². The van der Waals surface area contributed by atoms with E-state index < -0.39 is 14.4 Å². The van der Waals surface area contributed by atoms with Gasteiger partial charge in [-0.3, -0.25) is 0 Å². The van der Waals surface area contributed by atoms with Crippen LogP contribution in [0.2, 0.25) is 0 Å². The molecule has 0 amide bonds. The highest BCUT2D eigenvalue weighted by molar-refractivity contribution is 7.07. The molecule has 6 heteroatoms. The summed E-state index contributed by atoms with van der Waals surface area (Å²) in [4.78, 5) is 13.9. The fourth-order valence-corrected chi connectivity index (χ4v) is 10.1. The van der Waals surface area contributed by atoms with Crippen molar-refractivity contribution in [1.82, 2.24) is 0 Å². The van der Waals surface area contributed by atoms with E-state index in [0.29, 0.717) is 0 Å². The van der Waals surface area contributed by atoms with Crippen LogP contribution in [0.25, 0.3) is 0 Å². The van der Waals surface area contributed by atoms with Gasteiger partial charge in [0, 0.05) is 5.69 Å². The van der Waals surface area contributed by atoms with Crippen molar-refractivity contribution in [2.45, 2.75) is 44.2 Å². The number of carbonyl (C=O) groups is 1. The van der Waals surface area contributed by atoms with E-state index in [9.17, 15) is 4.79 Å². The van der Waals surface area contributed by atoms with Crippen molar-refractivity contribution in [3.05, 3.63) is 115 Å². The molecule has 4 aromatic rings. The van der Waals surface area contributed by atoms with Gasteiger partial charge in [0.25, 0.3) is 8.32 Å². The molecule has 0 bridgehead atoms. The third kappa shape index (κ3) is 6.39. The number of hydrogen-bond donors (Lipinski definition) is 1. The molecule has 1 aliphatic rings. The number of carbonyl (C=O) groups excluding carboxylic acids is 1. The van der Waals surface area contributed by atoms with Crippen LogP contribution in [0.3, 0.4) is 0 Å². The average Bonchev–Trinajstić information content (AvgIpc) is 3.06. The predicted molar refractivity (Wildman–Crippen MR) is 168 cm³/mol. The van der Waals surface area contributed by atoms with Crippen molar-refractivity contribution in [2.24, 2.45) is 5.92 Å². The lowest BCUT2D eigenvalue weighted by atomic mass is 9.81. The number of nitrogens with one attached hydrogen (secondary N) is 1. The summed E-state index contributed by atoms with van der Waals surface area (Å²) in [5.74, 6) is 0.680. The van der Waals surface area contributed by atoms with Crippen molar-refractivity contribution < 1.29 is 18.7 Å². The molecule has 5 nitrogen and oxygen atoms in total. The van der Waals surface area contributed by atoms with Crippen molar-refractivity contribution in [3.63, 3.8) is 0 Å². The van der Waals surface area contributed by atoms with Gasteiger partial charge in [-0.2, -0.15) is 0 Å². The van der Waals surface area contributed by atoms with Gasteiger partial charge in [-0.15, -0.1) is 0 Å². The maximum atomic E-state index is 13.9. The zero-order valence-electron chi connectivity index (χ0n) is 23.9. The highest BCUT2D eigenvalue weighted by atomic mass is 28.4. The SMILES string of the molecule is COC(=O)[C@@H](O[Si](c1ccccc1)(c1ccccc1)c1ccccc1)[C@H](Nc1ccc(OC)cc1)C1CCCCC1. The van der Waals surface area contributed by atoms with Crippen LogP contribution in [0.4, 0.5) is 5.69 Å². The first kappa shape index (κ1) is 28.6. The number of rotatable bonds is 11. The molecule has 41 heavy (non-hydrogen) atoms. The Balaban J connectivity index is 1.67. The van der Waals surface area contributed by atoms with Gasteiger partial charge in [-0.25, -0.2) is 4.79 Å². The van der Waals surface area contributed by atoms with E-state index >= 15 is 0 Å². The Bertz CT molecular complexity index is 1260. The van der Waals surface area contributed by atoms with Crippen LogP contribution in [0.5, 0.6) is 5.75 Å². The Hall–Kier alpha value is -3.87. The second-order valence-electron chi connectivity index (χ2n) is 10.6. The Morgan fingerprint density at radius 3 is 1.63 bits per heavy atom. The molecule has 0 unspecified atom stereocenters. The summed E-state index contributed by atoms with van der Waals surface area (Å²) in [6, 6.07) is 38.7. The number of ether oxygens (including phenoxy) is 2. The second kappa shape index (κ2) is 13.7. The molecule has 0 aliphatic heterocycles. The third-order valence-electron chi connectivity index (χ3n) is 8.19. The first-order valence-electron chi connectivity index (χ1n) is 14.5. The molecular formula is C35H39NO4Si. The van der Waals surface area contributed by atoms with E-state index in [-0.39, 0.29) is 17.9 Å². The Morgan fingerprint density at radius 1 is 0.707 bits per heavy atom. The number of esters is 1. The van der Waals surface area contributed by atoms with E-state index in [1.54, 1.807) is 7.11 Å². The van der Waals surface area contributed by atoms with Gasteiger partial charge in [0.2, 0.25) is 0 Å². The molecule has 212 valence electrons. The van der Waals surface area contributed by atoms with Crippen LogP contribution >= 0.6 is 0 Å². The molecule has 1 saturated carbocycles. The van der Waals surface area contributed by atoms with Crippen LogP contribution < -0.4 is 25.6 Å². The molecule has 1 fully saturated rings. The minimum Gasteiger partial charge on any atom is -0.497 e. The summed E-state index contributed by atoms with van der Waals surface area (Å²) in [5, 5.41) is 6.98. The van der Waals surface area contributed by atoms with Gasteiger partial charge in [-0.1, -0.05) is 110 Å². The summed E-state index contributed by atoms with van der Waals surface area (Å²) in [6.45, 7) is 0. The van der Waals surface area contributed by atoms with Crippen LogP contribution in [0.15, 0.2) is 115 Å². The highest BCUT2D eigenvalue weighted by Gasteiger charge is 2.48. The lowest BCUT2D eigenvalue weighted by molar-refractivity contribution is -0.150. The molecule has 1 aliphatic carbocycles. The van der Waals surface area contributed by atoms with E-state index in [1.165, 1.54) is 13.5 Å². The lowest BCUT2D eigenvalue weighted by Crippen LogP contribution is -2.72. The number of benzene rings is 4. The van der Waals surface area contributed by atoms with Crippen molar-refractivity contribution in [3.8, 4) is 5.75 Å². The summed E-state index contributed by atoms with van der Waals surface area (Å²) >= 11 is 0. The molecule has 0 heterocycles. The maximum Gasteiger partial charge on any atom is 0.335 e. The van der Waals surface area contributed by atoms with Crippen LogP contribution in [-0.2, 0) is 14.0 Å². The minimum absolute atomic E-state index is 0.254. The van der Waals surface area contributed by atoms with Gasteiger partial charge >= 0.3 is 5.97 Å². The Kier molecular flexibility index (Phi) is 9.54. The maximum absolute atomic E-state index is 13.9. The fourth-order valence-electron chi connectivity index (χ4n) is 6.11. The zero-order valence-corrected chi connectivity index (χ0v) is 24.9. The zero-order chi connectivity index (χ0) is 28.5. The van der Waals surface area contributed by atoms with Gasteiger partial charge in [0.1, 0.15) is 5.75 Å². The van der Waals surface area contributed by atoms with E-state index in [4.69, 9.17) is 13.9 Å². The first-order chi connectivity index (χ1) is 20.2. The van der Waals surface area contributed by atoms with E-state index in [0.717, 1.165) is 52.7 Å². The van der Waals surface area contributed by atoms with Gasteiger partial charge in [0.05, 0.1) is 20.3 Å². The Morgan fingerprint density at radius 2 is 1.20 bits per heavy atom.